The van der Waals surface area contributed by atoms with Gasteiger partial charge in [-0.1, -0.05) is 44.2 Å². The minimum atomic E-state index is -3.15. The molecule has 0 radical (unpaired) electrons. The molecule has 1 aromatic carbocycles. The van der Waals surface area contributed by atoms with Crippen molar-refractivity contribution in [2.75, 3.05) is 5.75 Å². The normalized spacial score (nSPS) is 13.8. The fourth-order valence-corrected chi connectivity index (χ4v) is 3.66. The Bertz CT molecular complexity index is 442. The van der Waals surface area contributed by atoms with Crippen LogP contribution in [0, 0.1) is 0 Å². The molecule has 0 saturated heterocycles. The Kier molecular flexibility index (Phi) is 5.82. The second kappa shape index (κ2) is 6.90. The second-order valence-corrected chi connectivity index (χ2v) is 6.65. The Morgan fingerprint density at radius 3 is 2.28 bits per heavy atom. The van der Waals surface area contributed by atoms with E-state index < -0.39 is 10.0 Å². The molecule has 0 aromatic heterocycles. The molecule has 0 heterocycles. The van der Waals surface area contributed by atoms with Gasteiger partial charge in [0.2, 0.25) is 10.0 Å². The molecule has 102 valence electrons. The fourth-order valence-electron chi connectivity index (χ4n) is 1.87. The maximum atomic E-state index is 12.3. The zero-order valence-corrected chi connectivity index (χ0v) is 12.3. The molecular weight excluding hydrogens is 246 g/mol. The average molecular weight is 269 g/mol. The molecule has 0 fully saturated rings. The van der Waals surface area contributed by atoms with E-state index in [1.165, 1.54) is 0 Å². The lowest BCUT2D eigenvalue weighted by atomic mass is 10.2. The smallest absolute Gasteiger partial charge is 0.212 e. The van der Waals surface area contributed by atoms with E-state index >= 15 is 0 Å². The van der Waals surface area contributed by atoms with E-state index in [1.807, 2.05) is 51.1 Å². The first-order valence-electron chi connectivity index (χ1n) is 6.54. The quantitative estimate of drug-likeness (QED) is 0.763. The summed E-state index contributed by atoms with van der Waals surface area (Å²) in [7, 11) is -3.15. The van der Waals surface area contributed by atoms with Crippen LogP contribution in [0.5, 0.6) is 0 Å². The third-order valence-electron chi connectivity index (χ3n) is 3.08. The lowest BCUT2D eigenvalue weighted by molar-refractivity contribution is 0.323. The van der Waals surface area contributed by atoms with Crippen LogP contribution in [-0.2, 0) is 16.6 Å². The summed E-state index contributed by atoms with van der Waals surface area (Å²) in [6.45, 7) is 6.35. The third kappa shape index (κ3) is 4.10. The van der Waals surface area contributed by atoms with Crippen LogP contribution >= 0.6 is 0 Å². The molecule has 0 aliphatic carbocycles. The van der Waals surface area contributed by atoms with Crippen molar-refractivity contribution in [2.24, 2.45) is 0 Å². The summed E-state index contributed by atoms with van der Waals surface area (Å²) in [5, 5.41) is 0. The summed E-state index contributed by atoms with van der Waals surface area (Å²) in [6.07, 6.45) is 1.49. The molecule has 0 bridgehead atoms. The molecule has 1 unspecified atom stereocenters. The van der Waals surface area contributed by atoms with Crippen molar-refractivity contribution < 1.29 is 8.42 Å². The Labute approximate surface area is 111 Å². The Balaban J connectivity index is 2.93. The van der Waals surface area contributed by atoms with Gasteiger partial charge in [0.1, 0.15) is 0 Å². The van der Waals surface area contributed by atoms with Crippen molar-refractivity contribution in [3.05, 3.63) is 35.9 Å². The van der Waals surface area contributed by atoms with Gasteiger partial charge in [0.15, 0.2) is 0 Å². The standard InChI is InChI=1S/C14H23NO2S/c1-4-11-18(16,17)15(13(3)5-2)12-14-9-7-6-8-10-14/h6-10,13H,4-5,11-12H2,1-3H3. The summed E-state index contributed by atoms with van der Waals surface area (Å²) >= 11 is 0. The van der Waals surface area contributed by atoms with E-state index in [2.05, 4.69) is 0 Å². The molecular formula is C14H23NO2S. The highest BCUT2D eigenvalue weighted by atomic mass is 32.2. The van der Waals surface area contributed by atoms with Gasteiger partial charge in [-0.25, -0.2) is 8.42 Å². The molecule has 0 amide bonds. The summed E-state index contributed by atoms with van der Waals surface area (Å²) < 4.78 is 26.2. The maximum Gasteiger partial charge on any atom is 0.214 e. The molecule has 0 spiro atoms. The largest absolute Gasteiger partial charge is 0.214 e. The first-order valence-corrected chi connectivity index (χ1v) is 8.15. The molecule has 1 atom stereocenters. The second-order valence-electron chi connectivity index (χ2n) is 4.60. The van der Waals surface area contributed by atoms with Crippen molar-refractivity contribution in [3.63, 3.8) is 0 Å². The van der Waals surface area contributed by atoms with E-state index in [-0.39, 0.29) is 11.8 Å². The average Bonchev–Trinajstić information content (AvgIpc) is 2.36. The van der Waals surface area contributed by atoms with Gasteiger partial charge in [0, 0.05) is 12.6 Å². The lowest BCUT2D eigenvalue weighted by Crippen LogP contribution is -2.39. The molecule has 0 aliphatic rings. The van der Waals surface area contributed by atoms with Crippen molar-refractivity contribution >= 4 is 10.0 Å². The van der Waals surface area contributed by atoms with Crippen LogP contribution in [0.25, 0.3) is 0 Å². The van der Waals surface area contributed by atoms with Gasteiger partial charge in [0.05, 0.1) is 5.75 Å². The van der Waals surface area contributed by atoms with Crippen LogP contribution in [0.2, 0.25) is 0 Å². The first-order chi connectivity index (χ1) is 8.51. The third-order valence-corrected chi connectivity index (χ3v) is 5.21. The van der Waals surface area contributed by atoms with Crippen molar-refractivity contribution in [1.82, 2.24) is 4.31 Å². The molecule has 4 heteroatoms. The van der Waals surface area contributed by atoms with Crippen molar-refractivity contribution in [1.29, 1.82) is 0 Å². The number of benzene rings is 1. The highest BCUT2D eigenvalue weighted by Crippen LogP contribution is 2.16. The van der Waals surface area contributed by atoms with Crippen LogP contribution in [0.4, 0.5) is 0 Å². The minimum Gasteiger partial charge on any atom is -0.212 e. The number of hydrogen-bond acceptors (Lipinski definition) is 2. The van der Waals surface area contributed by atoms with Gasteiger partial charge in [0.25, 0.3) is 0 Å². The monoisotopic (exact) mass is 269 g/mol. The maximum absolute atomic E-state index is 12.3. The number of hydrogen-bond donors (Lipinski definition) is 0. The van der Waals surface area contributed by atoms with Crippen LogP contribution in [0.1, 0.15) is 39.2 Å². The number of rotatable bonds is 7. The van der Waals surface area contributed by atoms with Gasteiger partial charge in [-0.2, -0.15) is 4.31 Å². The number of sulfonamides is 1. The molecule has 18 heavy (non-hydrogen) atoms. The lowest BCUT2D eigenvalue weighted by Gasteiger charge is -2.27. The topological polar surface area (TPSA) is 37.4 Å². The summed E-state index contributed by atoms with van der Waals surface area (Å²) in [5.41, 5.74) is 1.04. The highest BCUT2D eigenvalue weighted by Gasteiger charge is 2.25. The van der Waals surface area contributed by atoms with Crippen molar-refractivity contribution in [2.45, 2.75) is 46.2 Å². The Morgan fingerprint density at radius 2 is 1.78 bits per heavy atom. The zero-order valence-electron chi connectivity index (χ0n) is 11.5. The first kappa shape index (κ1) is 15.2. The minimum absolute atomic E-state index is 0.0433. The van der Waals surface area contributed by atoms with E-state index in [4.69, 9.17) is 0 Å². The van der Waals surface area contributed by atoms with Gasteiger partial charge < -0.3 is 0 Å². The molecule has 3 nitrogen and oxygen atoms in total. The van der Waals surface area contributed by atoms with Crippen LogP contribution in [0.3, 0.4) is 0 Å². The molecule has 0 N–H and O–H groups in total. The summed E-state index contributed by atoms with van der Waals surface area (Å²) in [5.74, 6) is 0.226. The highest BCUT2D eigenvalue weighted by molar-refractivity contribution is 7.89. The predicted octanol–water partition coefficient (Wildman–Crippen LogP) is 3.03. The number of nitrogens with zero attached hydrogens (tertiary/aromatic N) is 1. The van der Waals surface area contributed by atoms with Gasteiger partial charge in [-0.15, -0.1) is 0 Å². The fraction of sp³-hybridized carbons (Fsp3) is 0.571. The van der Waals surface area contributed by atoms with E-state index in [0.717, 1.165) is 12.0 Å². The van der Waals surface area contributed by atoms with Crippen LogP contribution < -0.4 is 0 Å². The summed E-state index contributed by atoms with van der Waals surface area (Å²) in [4.78, 5) is 0. The van der Waals surface area contributed by atoms with E-state index in [9.17, 15) is 8.42 Å². The molecule has 1 aromatic rings. The summed E-state index contributed by atoms with van der Waals surface area (Å²) in [6, 6.07) is 9.81. The predicted molar refractivity (Wildman–Crippen MR) is 75.8 cm³/mol. The van der Waals surface area contributed by atoms with Gasteiger partial charge in [-0.05, 0) is 25.3 Å². The SMILES string of the molecule is CCCS(=O)(=O)N(Cc1ccccc1)C(C)CC. The van der Waals surface area contributed by atoms with E-state index in [0.29, 0.717) is 13.0 Å². The Hall–Kier alpha value is -0.870. The van der Waals surface area contributed by atoms with Gasteiger partial charge >= 0.3 is 0 Å². The van der Waals surface area contributed by atoms with E-state index in [1.54, 1.807) is 4.31 Å². The molecule has 0 aliphatic heterocycles. The van der Waals surface area contributed by atoms with Crippen LogP contribution in [0.15, 0.2) is 30.3 Å². The molecule has 1 rings (SSSR count). The Morgan fingerprint density at radius 1 is 1.17 bits per heavy atom. The molecule has 0 saturated carbocycles. The van der Waals surface area contributed by atoms with Crippen molar-refractivity contribution in [3.8, 4) is 0 Å². The zero-order chi connectivity index (χ0) is 13.6. The van der Waals surface area contributed by atoms with Crippen LogP contribution in [-0.4, -0.2) is 24.5 Å². The van der Waals surface area contributed by atoms with Gasteiger partial charge in [-0.3, -0.25) is 0 Å².